The summed E-state index contributed by atoms with van der Waals surface area (Å²) in [6, 6.07) is 9.47. The van der Waals surface area contributed by atoms with Crippen LogP contribution < -0.4 is 0 Å². The van der Waals surface area contributed by atoms with Gasteiger partial charge in [-0.3, -0.25) is 4.79 Å². The van der Waals surface area contributed by atoms with Crippen molar-refractivity contribution in [1.82, 2.24) is 19.8 Å². The fourth-order valence-corrected chi connectivity index (χ4v) is 2.84. The first kappa shape index (κ1) is 15.4. The lowest BCUT2D eigenvalue weighted by Gasteiger charge is -2.08. The first-order chi connectivity index (χ1) is 11.1. The topological polar surface area (TPSA) is 69.4 Å². The molecule has 3 aromatic rings. The molecule has 0 unspecified atom stereocenters. The Morgan fingerprint density at radius 1 is 1.22 bits per heavy atom. The molecule has 2 heterocycles. The van der Waals surface area contributed by atoms with Gasteiger partial charge >= 0.3 is 5.97 Å². The van der Waals surface area contributed by atoms with Gasteiger partial charge in [-0.25, -0.2) is 4.39 Å². The minimum Gasteiger partial charge on any atom is -0.468 e. The molecule has 0 aliphatic rings. The molecule has 0 fully saturated rings. The van der Waals surface area contributed by atoms with E-state index in [0.717, 1.165) is 0 Å². The molecule has 0 N–H and O–H groups in total. The standard InChI is InChI=1S/C15H13FN4O2S/c1-9(15(21)22-2)23-13-8-7-12-17-18-14(20(12)19-13)10-3-5-11(16)6-4-10/h3-9H,1-2H3/t9-/m1/s1. The first-order valence-electron chi connectivity index (χ1n) is 6.81. The Hall–Kier alpha value is -2.48. The zero-order valence-electron chi connectivity index (χ0n) is 12.4. The van der Waals surface area contributed by atoms with Crippen LogP contribution >= 0.6 is 11.8 Å². The quantitative estimate of drug-likeness (QED) is 0.540. The number of hydrogen-bond acceptors (Lipinski definition) is 6. The molecule has 0 radical (unpaired) electrons. The molecule has 0 saturated heterocycles. The van der Waals surface area contributed by atoms with Gasteiger partial charge in [-0.1, -0.05) is 11.8 Å². The predicted octanol–water partition coefficient (Wildman–Crippen LogP) is 2.58. The summed E-state index contributed by atoms with van der Waals surface area (Å²) in [5.74, 6) is -0.133. The molecule has 0 bridgehead atoms. The lowest BCUT2D eigenvalue weighted by atomic mass is 10.2. The maximum Gasteiger partial charge on any atom is 0.318 e. The van der Waals surface area contributed by atoms with Crippen LogP contribution in [-0.2, 0) is 9.53 Å². The van der Waals surface area contributed by atoms with E-state index >= 15 is 0 Å². The molecule has 0 amide bonds. The number of ether oxygens (including phenoxy) is 1. The van der Waals surface area contributed by atoms with Crippen molar-refractivity contribution < 1.29 is 13.9 Å². The number of carbonyl (C=O) groups is 1. The molecule has 23 heavy (non-hydrogen) atoms. The maximum absolute atomic E-state index is 13.1. The summed E-state index contributed by atoms with van der Waals surface area (Å²) >= 11 is 1.28. The van der Waals surface area contributed by atoms with Crippen molar-refractivity contribution in [3.8, 4) is 11.4 Å². The van der Waals surface area contributed by atoms with Crippen molar-refractivity contribution in [2.45, 2.75) is 17.2 Å². The Kier molecular flexibility index (Phi) is 4.24. The molecule has 1 aromatic carbocycles. The largest absolute Gasteiger partial charge is 0.468 e. The van der Waals surface area contributed by atoms with Gasteiger partial charge in [-0.2, -0.15) is 9.61 Å². The van der Waals surface area contributed by atoms with E-state index in [1.807, 2.05) is 0 Å². The van der Waals surface area contributed by atoms with E-state index in [4.69, 9.17) is 4.74 Å². The Bertz CT molecular complexity index is 850. The van der Waals surface area contributed by atoms with Crippen molar-refractivity contribution in [3.63, 3.8) is 0 Å². The van der Waals surface area contributed by atoms with Crippen molar-refractivity contribution in [1.29, 1.82) is 0 Å². The number of carbonyl (C=O) groups excluding carboxylic acids is 1. The van der Waals surface area contributed by atoms with Crippen LogP contribution in [0.25, 0.3) is 17.0 Å². The average molecular weight is 332 g/mol. The fraction of sp³-hybridized carbons (Fsp3) is 0.200. The lowest BCUT2D eigenvalue weighted by molar-refractivity contribution is -0.139. The Balaban J connectivity index is 1.97. The molecule has 0 aliphatic carbocycles. The van der Waals surface area contributed by atoms with Gasteiger partial charge in [0.25, 0.3) is 0 Å². The maximum atomic E-state index is 13.1. The number of methoxy groups -OCH3 is 1. The second kappa shape index (κ2) is 6.33. The normalized spacial score (nSPS) is 12.3. The van der Waals surface area contributed by atoms with Gasteiger partial charge in [0, 0.05) is 5.56 Å². The summed E-state index contributed by atoms with van der Waals surface area (Å²) in [4.78, 5) is 11.5. The third kappa shape index (κ3) is 3.16. The van der Waals surface area contributed by atoms with Gasteiger partial charge in [-0.05, 0) is 43.3 Å². The van der Waals surface area contributed by atoms with E-state index in [9.17, 15) is 9.18 Å². The van der Waals surface area contributed by atoms with E-state index in [-0.39, 0.29) is 17.0 Å². The third-order valence-corrected chi connectivity index (χ3v) is 4.18. The van der Waals surface area contributed by atoms with Gasteiger partial charge < -0.3 is 4.74 Å². The highest BCUT2D eigenvalue weighted by Crippen LogP contribution is 2.24. The van der Waals surface area contributed by atoms with Crippen molar-refractivity contribution in [2.75, 3.05) is 7.11 Å². The zero-order valence-corrected chi connectivity index (χ0v) is 13.2. The van der Waals surface area contributed by atoms with Crippen LogP contribution in [0.1, 0.15) is 6.92 Å². The molecule has 3 rings (SSSR count). The van der Waals surface area contributed by atoms with Gasteiger partial charge in [0.15, 0.2) is 11.5 Å². The van der Waals surface area contributed by atoms with Crippen molar-refractivity contribution in [3.05, 3.63) is 42.2 Å². The highest BCUT2D eigenvalue weighted by Gasteiger charge is 2.17. The van der Waals surface area contributed by atoms with Crippen LogP contribution in [0.5, 0.6) is 0 Å². The average Bonchev–Trinajstić information content (AvgIpc) is 2.98. The van der Waals surface area contributed by atoms with Crippen LogP contribution in [0.15, 0.2) is 41.4 Å². The van der Waals surface area contributed by atoms with Crippen LogP contribution in [0, 0.1) is 5.82 Å². The van der Waals surface area contributed by atoms with Crippen LogP contribution in [-0.4, -0.2) is 38.1 Å². The SMILES string of the molecule is COC(=O)[C@@H](C)Sc1ccc2nnc(-c3ccc(F)cc3)n2n1. The summed E-state index contributed by atoms with van der Waals surface area (Å²) in [6.07, 6.45) is 0. The number of nitrogens with zero attached hydrogens (tertiary/aromatic N) is 4. The van der Waals surface area contributed by atoms with Crippen molar-refractivity contribution >= 4 is 23.4 Å². The first-order valence-corrected chi connectivity index (χ1v) is 7.69. The Labute approximate surface area is 135 Å². The second-order valence-corrected chi connectivity index (χ2v) is 6.12. The van der Waals surface area contributed by atoms with Gasteiger partial charge in [-0.15, -0.1) is 10.2 Å². The summed E-state index contributed by atoms with van der Waals surface area (Å²) in [7, 11) is 1.35. The monoisotopic (exact) mass is 332 g/mol. The fourth-order valence-electron chi connectivity index (χ4n) is 2.01. The summed E-state index contributed by atoms with van der Waals surface area (Å²) < 4.78 is 19.3. The predicted molar refractivity (Wildman–Crippen MR) is 83.5 cm³/mol. The molecule has 0 saturated carbocycles. The van der Waals surface area contributed by atoms with E-state index in [2.05, 4.69) is 15.3 Å². The van der Waals surface area contributed by atoms with E-state index in [1.165, 1.54) is 31.0 Å². The molecule has 6 nitrogen and oxygen atoms in total. The van der Waals surface area contributed by atoms with Gasteiger partial charge in [0.05, 0.1) is 7.11 Å². The van der Waals surface area contributed by atoms with Gasteiger partial charge in [0.2, 0.25) is 0 Å². The highest BCUT2D eigenvalue weighted by atomic mass is 32.2. The van der Waals surface area contributed by atoms with E-state index < -0.39 is 0 Å². The van der Waals surface area contributed by atoms with Crippen LogP contribution in [0.3, 0.4) is 0 Å². The molecule has 1 atom stereocenters. The molecular formula is C15H13FN4O2S. The van der Waals surface area contributed by atoms with E-state index in [0.29, 0.717) is 22.1 Å². The second-order valence-electron chi connectivity index (χ2n) is 4.76. The number of rotatable bonds is 4. The number of halogens is 1. The number of esters is 1. The molecule has 0 spiro atoms. The number of benzene rings is 1. The number of aromatic nitrogens is 4. The lowest BCUT2D eigenvalue weighted by Crippen LogP contribution is -2.15. The van der Waals surface area contributed by atoms with Crippen LogP contribution in [0.2, 0.25) is 0 Å². The molecular weight excluding hydrogens is 319 g/mol. The van der Waals surface area contributed by atoms with Gasteiger partial charge in [0.1, 0.15) is 16.1 Å². The third-order valence-electron chi connectivity index (χ3n) is 3.17. The Morgan fingerprint density at radius 3 is 2.65 bits per heavy atom. The number of hydrogen-bond donors (Lipinski definition) is 0. The molecule has 8 heteroatoms. The Morgan fingerprint density at radius 2 is 1.96 bits per heavy atom. The van der Waals surface area contributed by atoms with Crippen LogP contribution in [0.4, 0.5) is 4.39 Å². The smallest absolute Gasteiger partial charge is 0.318 e. The van der Waals surface area contributed by atoms with E-state index in [1.54, 1.807) is 35.7 Å². The minimum atomic E-state index is -0.379. The molecule has 2 aromatic heterocycles. The number of thioether (sulfide) groups is 1. The minimum absolute atomic E-state index is 0.320. The zero-order chi connectivity index (χ0) is 16.4. The highest BCUT2D eigenvalue weighted by molar-refractivity contribution is 8.00. The summed E-state index contributed by atoms with van der Waals surface area (Å²) in [5.41, 5.74) is 1.27. The summed E-state index contributed by atoms with van der Waals surface area (Å²) in [6.45, 7) is 1.75. The number of fused-ring (bicyclic) bond motifs is 1. The molecule has 118 valence electrons. The van der Waals surface area contributed by atoms with Crippen molar-refractivity contribution in [2.24, 2.45) is 0 Å². The molecule has 0 aliphatic heterocycles. The summed E-state index contributed by atoms with van der Waals surface area (Å²) in [5, 5.41) is 12.8.